The first-order valence-corrected chi connectivity index (χ1v) is 10.1. The maximum absolute atomic E-state index is 12.3. The van der Waals surface area contributed by atoms with Crippen LogP contribution in [0.15, 0.2) is 24.3 Å². The van der Waals surface area contributed by atoms with Crippen LogP contribution in [0.3, 0.4) is 0 Å². The number of carbonyl (C=O) groups excluding carboxylic acids is 5. The molecule has 1 aliphatic carbocycles. The van der Waals surface area contributed by atoms with Gasteiger partial charge in [0.15, 0.2) is 6.10 Å². The molecule has 30 heavy (non-hydrogen) atoms. The number of rotatable bonds is 5. The number of urea groups is 1. The summed E-state index contributed by atoms with van der Waals surface area (Å²) in [5.41, 5.74) is 0.536. The first kappa shape index (κ1) is 21.5. The molecule has 0 bridgehead atoms. The number of imide groups is 2. The third-order valence-corrected chi connectivity index (χ3v) is 5.24. The highest BCUT2D eigenvalue weighted by Gasteiger charge is 2.30. The van der Waals surface area contributed by atoms with E-state index in [-0.39, 0.29) is 36.3 Å². The number of anilines is 1. The first-order valence-electron chi connectivity index (χ1n) is 10.1. The number of carbonyl (C=O) groups is 5. The largest absolute Gasteiger partial charge is 0.449 e. The summed E-state index contributed by atoms with van der Waals surface area (Å²) in [4.78, 5) is 61.0. The van der Waals surface area contributed by atoms with E-state index in [1.807, 2.05) is 0 Å². The fourth-order valence-electron chi connectivity index (χ4n) is 3.58. The lowest BCUT2D eigenvalue weighted by Gasteiger charge is -2.23. The quantitative estimate of drug-likeness (QED) is 0.561. The molecule has 3 rings (SSSR count). The van der Waals surface area contributed by atoms with Gasteiger partial charge in [0.2, 0.25) is 11.8 Å². The maximum Gasteiger partial charge on any atom is 0.338 e. The molecule has 0 radical (unpaired) electrons. The lowest BCUT2D eigenvalue weighted by molar-refractivity contribution is -0.128. The van der Waals surface area contributed by atoms with E-state index in [1.54, 1.807) is 0 Å². The van der Waals surface area contributed by atoms with Crippen molar-refractivity contribution in [1.29, 1.82) is 0 Å². The topological polar surface area (TPSA) is 122 Å². The minimum atomic E-state index is -1.17. The van der Waals surface area contributed by atoms with E-state index in [4.69, 9.17) is 4.74 Å². The number of nitrogens with one attached hydrogen (secondary N) is 2. The van der Waals surface area contributed by atoms with Crippen LogP contribution in [0.25, 0.3) is 0 Å². The zero-order valence-corrected chi connectivity index (χ0v) is 16.8. The lowest BCUT2D eigenvalue weighted by atomic mass is 9.96. The smallest absolute Gasteiger partial charge is 0.338 e. The molecule has 0 unspecified atom stereocenters. The summed E-state index contributed by atoms with van der Waals surface area (Å²) in [6.07, 6.45) is 4.19. The first-order chi connectivity index (χ1) is 14.3. The molecule has 9 heteroatoms. The lowest BCUT2D eigenvalue weighted by Crippen LogP contribution is -2.48. The van der Waals surface area contributed by atoms with Crippen LogP contribution in [0.5, 0.6) is 0 Å². The van der Waals surface area contributed by atoms with E-state index < -0.39 is 24.0 Å². The van der Waals surface area contributed by atoms with Crippen LogP contribution in [0, 0.1) is 0 Å². The molecule has 1 aromatic carbocycles. The second-order valence-electron chi connectivity index (χ2n) is 7.51. The average Bonchev–Trinajstić information content (AvgIpc) is 3.06. The van der Waals surface area contributed by atoms with Crippen molar-refractivity contribution in [3.63, 3.8) is 0 Å². The monoisotopic (exact) mass is 415 g/mol. The highest BCUT2D eigenvalue weighted by molar-refractivity contribution is 6.19. The van der Waals surface area contributed by atoms with Crippen molar-refractivity contribution in [3.05, 3.63) is 29.8 Å². The number of hydrogen-bond donors (Lipinski definition) is 2. The van der Waals surface area contributed by atoms with Crippen molar-refractivity contribution in [2.24, 2.45) is 0 Å². The van der Waals surface area contributed by atoms with Crippen LogP contribution >= 0.6 is 0 Å². The van der Waals surface area contributed by atoms with Gasteiger partial charge in [-0.05, 0) is 44.0 Å². The number of nitrogens with zero attached hydrogens (tertiary/aromatic N) is 1. The number of ether oxygens (including phenoxy) is 1. The van der Waals surface area contributed by atoms with Crippen molar-refractivity contribution in [1.82, 2.24) is 10.6 Å². The van der Waals surface area contributed by atoms with Gasteiger partial charge in [0.05, 0.1) is 11.3 Å². The van der Waals surface area contributed by atoms with Crippen LogP contribution in [-0.4, -0.2) is 41.9 Å². The molecule has 0 spiro atoms. The summed E-state index contributed by atoms with van der Waals surface area (Å²) < 4.78 is 5.12. The fraction of sp³-hybridized carbons (Fsp3) is 0.476. The van der Waals surface area contributed by atoms with Gasteiger partial charge >= 0.3 is 12.0 Å². The fourth-order valence-corrected chi connectivity index (χ4v) is 3.58. The second kappa shape index (κ2) is 9.51. The van der Waals surface area contributed by atoms with Crippen LogP contribution < -0.4 is 15.5 Å². The molecular formula is C21H25N3O6. The average molecular weight is 415 g/mol. The van der Waals surface area contributed by atoms with E-state index in [2.05, 4.69) is 10.6 Å². The Morgan fingerprint density at radius 2 is 1.60 bits per heavy atom. The highest BCUT2D eigenvalue weighted by Crippen LogP contribution is 2.23. The Hall–Kier alpha value is -3.23. The minimum absolute atomic E-state index is 0.0530. The minimum Gasteiger partial charge on any atom is -0.449 e. The van der Waals surface area contributed by atoms with Crippen molar-refractivity contribution >= 4 is 35.4 Å². The molecule has 0 aromatic heterocycles. The van der Waals surface area contributed by atoms with Gasteiger partial charge in [0.25, 0.3) is 5.91 Å². The van der Waals surface area contributed by atoms with Gasteiger partial charge in [-0.2, -0.15) is 0 Å². The van der Waals surface area contributed by atoms with Gasteiger partial charge < -0.3 is 10.1 Å². The molecule has 1 aliphatic heterocycles. The van der Waals surface area contributed by atoms with Gasteiger partial charge in [-0.25, -0.2) is 9.59 Å². The molecule has 2 aliphatic rings. The van der Waals surface area contributed by atoms with Gasteiger partial charge in [-0.15, -0.1) is 0 Å². The Morgan fingerprint density at radius 3 is 2.20 bits per heavy atom. The zero-order chi connectivity index (χ0) is 21.7. The maximum atomic E-state index is 12.3. The van der Waals surface area contributed by atoms with E-state index in [0.717, 1.165) is 37.0 Å². The Balaban J connectivity index is 1.50. The zero-order valence-electron chi connectivity index (χ0n) is 16.8. The van der Waals surface area contributed by atoms with E-state index >= 15 is 0 Å². The number of benzene rings is 1. The Kier molecular flexibility index (Phi) is 6.81. The second-order valence-corrected chi connectivity index (χ2v) is 7.51. The summed E-state index contributed by atoms with van der Waals surface area (Å²) in [6, 6.07) is 5.23. The molecule has 2 N–H and O–H groups in total. The molecule has 5 amide bonds. The van der Waals surface area contributed by atoms with E-state index in [0.29, 0.717) is 5.69 Å². The van der Waals surface area contributed by atoms with Crippen molar-refractivity contribution < 1.29 is 28.7 Å². The van der Waals surface area contributed by atoms with Crippen LogP contribution in [-0.2, 0) is 19.1 Å². The SMILES string of the molecule is C[C@H](OC(=O)c1ccc(N2C(=O)CCC2=O)cc1)C(=O)NC(=O)NC1CCCCC1. The summed E-state index contributed by atoms with van der Waals surface area (Å²) in [6.45, 7) is 1.37. The number of amides is 5. The normalized spacial score (nSPS) is 18.1. The summed E-state index contributed by atoms with van der Waals surface area (Å²) in [7, 11) is 0. The van der Waals surface area contributed by atoms with E-state index in [1.165, 1.54) is 31.2 Å². The third-order valence-electron chi connectivity index (χ3n) is 5.24. The third kappa shape index (κ3) is 5.22. The Labute approximate surface area is 174 Å². The van der Waals surface area contributed by atoms with E-state index in [9.17, 15) is 24.0 Å². The molecule has 160 valence electrons. The van der Waals surface area contributed by atoms with Gasteiger partial charge in [0, 0.05) is 18.9 Å². The molecule has 1 aromatic rings. The molecule has 1 heterocycles. The van der Waals surface area contributed by atoms with Gasteiger partial charge in [-0.3, -0.25) is 24.6 Å². The van der Waals surface area contributed by atoms with Gasteiger partial charge in [0.1, 0.15) is 0 Å². The highest BCUT2D eigenvalue weighted by atomic mass is 16.5. The molecule has 1 saturated carbocycles. The molecule has 1 atom stereocenters. The van der Waals surface area contributed by atoms with Crippen LogP contribution in [0.2, 0.25) is 0 Å². The van der Waals surface area contributed by atoms with Crippen molar-refractivity contribution in [3.8, 4) is 0 Å². The predicted octanol–water partition coefficient (Wildman–Crippen LogP) is 2.04. The standard InChI is InChI=1S/C21H25N3O6/c1-13(19(27)23-21(29)22-15-5-3-2-4-6-15)30-20(28)14-7-9-16(10-8-14)24-17(25)11-12-18(24)26/h7-10,13,15H,2-6,11-12H2,1H3,(H2,22,23,27,29)/t13-/m0/s1. The Morgan fingerprint density at radius 1 is 1.00 bits per heavy atom. The molecule has 2 fully saturated rings. The predicted molar refractivity (Wildman–Crippen MR) is 107 cm³/mol. The number of esters is 1. The van der Waals surface area contributed by atoms with Gasteiger partial charge in [-0.1, -0.05) is 19.3 Å². The molecule has 9 nitrogen and oxygen atoms in total. The molecular weight excluding hydrogens is 390 g/mol. The van der Waals surface area contributed by atoms with Crippen molar-refractivity contribution in [2.45, 2.75) is 64.0 Å². The van der Waals surface area contributed by atoms with Crippen LogP contribution in [0.4, 0.5) is 10.5 Å². The Bertz CT molecular complexity index is 829. The molecule has 1 saturated heterocycles. The summed E-state index contributed by atoms with van der Waals surface area (Å²) in [5, 5.41) is 4.95. The number of hydrogen-bond acceptors (Lipinski definition) is 6. The van der Waals surface area contributed by atoms with Crippen LogP contribution in [0.1, 0.15) is 62.2 Å². The van der Waals surface area contributed by atoms with Crippen molar-refractivity contribution in [2.75, 3.05) is 4.90 Å². The summed E-state index contributed by atoms with van der Waals surface area (Å²) in [5.74, 6) is -2.04. The summed E-state index contributed by atoms with van der Waals surface area (Å²) >= 11 is 0.